The monoisotopic (exact) mass is 391 g/mol. The van der Waals surface area contributed by atoms with Crippen LogP contribution < -0.4 is 5.32 Å². The van der Waals surface area contributed by atoms with E-state index in [9.17, 15) is 14.7 Å². The maximum absolute atomic E-state index is 12.6. The molecule has 0 aliphatic rings. The molecule has 0 aliphatic heterocycles. The lowest BCUT2D eigenvalue weighted by atomic mass is 9.97. The van der Waals surface area contributed by atoms with Crippen molar-refractivity contribution in [3.63, 3.8) is 0 Å². The number of hydrogen-bond donors (Lipinski definition) is 2. The van der Waals surface area contributed by atoms with Crippen LogP contribution in [0.3, 0.4) is 0 Å². The van der Waals surface area contributed by atoms with Crippen molar-refractivity contribution in [2.45, 2.75) is 39.2 Å². The molecule has 0 aliphatic carbocycles. The van der Waals surface area contributed by atoms with Gasteiger partial charge in [-0.15, -0.1) is 0 Å². The maximum Gasteiger partial charge on any atom is 0.342 e. The Morgan fingerprint density at radius 1 is 1.00 bits per heavy atom. The van der Waals surface area contributed by atoms with Crippen molar-refractivity contribution in [2.24, 2.45) is 0 Å². The summed E-state index contributed by atoms with van der Waals surface area (Å²) in [4.78, 5) is 25.1. The molecule has 29 heavy (non-hydrogen) atoms. The number of carbonyl (C=O) groups excluding carboxylic acids is 2. The normalized spacial score (nSPS) is 12.9. The molecule has 0 saturated heterocycles. The summed E-state index contributed by atoms with van der Waals surface area (Å²) in [6, 6.07) is 18.0. The molecular formula is C24H25NO4. The van der Waals surface area contributed by atoms with Gasteiger partial charge in [0, 0.05) is 11.1 Å². The van der Waals surface area contributed by atoms with Gasteiger partial charge in [0.25, 0.3) is 5.91 Å². The van der Waals surface area contributed by atoms with Crippen LogP contribution in [0.25, 0.3) is 10.8 Å². The smallest absolute Gasteiger partial charge is 0.342 e. The van der Waals surface area contributed by atoms with Crippen LogP contribution in [0.2, 0.25) is 0 Å². The van der Waals surface area contributed by atoms with Gasteiger partial charge in [0.2, 0.25) is 0 Å². The Kier molecular flexibility index (Phi) is 6.17. The van der Waals surface area contributed by atoms with Gasteiger partial charge >= 0.3 is 5.97 Å². The lowest BCUT2D eigenvalue weighted by molar-refractivity contribution is -0.123. The van der Waals surface area contributed by atoms with E-state index in [0.717, 1.165) is 17.4 Å². The lowest BCUT2D eigenvalue weighted by Gasteiger charge is -2.18. The van der Waals surface area contributed by atoms with E-state index in [4.69, 9.17) is 4.74 Å². The first-order valence-electron chi connectivity index (χ1n) is 9.73. The van der Waals surface area contributed by atoms with Gasteiger partial charge in [-0.25, -0.2) is 4.79 Å². The third-order valence-electron chi connectivity index (χ3n) is 5.14. The molecule has 3 rings (SSSR count). The minimum atomic E-state index is -1.02. The Labute approximate surface area is 170 Å². The number of anilines is 1. The highest BCUT2D eigenvalue weighted by Crippen LogP contribution is 2.30. The molecule has 150 valence electrons. The second kappa shape index (κ2) is 8.78. The molecule has 0 radical (unpaired) electrons. The predicted molar refractivity (Wildman–Crippen MR) is 114 cm³/mol. The summed E-state index contributed by atoms with van der Waals surface area (Å²) in [6.07, 6.45) is -0.0723. The highest BCUT2D eigenvalue weighted by molar-refractivity contribution is 6.03. The van der Waals surface area contributed by atoms with E-state index in [0.29, 0.717) is 17.0 Å². The minimum Gasteiger partial charge on any atom is -0.506 e. The summed E-state index contributed by atoms with van der Waals surface area (Å²) in [6.45, 7) is 5.69. The van der Waals surface area contributed by atoms with Crippen molar-refractivity contribution in [3.05, 3.63) is 71.8 Å². The molecule has 0 heterocycles. The second-order valence-electron chi connectivity index (χ2n) is 7.12. The average Bonchev–Trinajstić information content (AvgIpc) is 2.73. The Balaban J connectivity index is 1.74. The summed E-state index contributed by atoms with van der Waals surface area (Å²) in [5, 5.41) is 14.6. The van der Waals surface area contributed by atoms with Gasteiger partial charge in [-0.3, -0.25) is 4.79 Å². The van der Waals surface area contributed by atoms with E-state index in [1.165, 1.54) is 13.0 Å². The zero-order valence-electron chi connectivity index (χ0n) is 16.8. The third-order valence-corrected chi connectivity index (χ3v) is 5.14. The maximum atomic E-state index is 12.6. The van der Waals surface area contributed by atoms with Crippen LogP contribution in [-0.2, 0) is 9.53 Å². The van der Waals surface area contributed by atoms with Gasteiger partial charge in [-0.1, -0.05) is 62.4 Å². The standard InChI is InChI=1S/C24H25NO4/c1-4-15(2)18-10-7-8-12-21(18)25-23(27)16(3)29-24(28)20-14-13-17-9-5-6-11-19(17)22(20)26/h5-16,26H,4H2,1-3H3,(H,25,27)/t15-,16-/m1/s1. The number of amides is 1. The van der Waals surface area contributed by atoms with Gasteiger partial charge in [0.05, 0.1) is 0 Å². The molecule has 5 heteroatoms. The third kappa shape index (κ3) is 4.40. The topological polar surface area (TPSA) is 75.6 Å². The zero-order valence-corrected chi connectivity index (χ0v) is 16.8. The molecule has 0 bridgehead atoms. The summed E-state index contributed by atoms with van der Waals surface area (Å²) < 4.78 is 5.32. The van der Waals surface area contributed by atoms with Crippen LogP contribution >= 0.6 is 0 Å². The van der Waals surface area contributed by atoms with Crippen LogP contribution in [0.5, 0.6) is 5.75 Å². The fourth-order valence-electron chi connectivity index (χ4n) is 3.19. The molecule has 0 aromatic heterocycles. The molecule has 0 spiro atoms. The molecule has 1 amide bonds. The highest BCUT2D eigenvalue weighted by atomic mass is 16.5. The van der Waals surface area contributed by atoms with E-state index in [1.54, 1.807) is 18.2 Å². The number of hydrogen-bond acceptors (Lipinski definition) is 4. The number of nitrogens with one attached hydrogen (secondary N) is 1. The SMILES string of the molecule is CC[C@@H](C)c1ccccc1NC(=O)[C@@H](C)OC(=O)c1ccc2ccccc2c1O. The first kappa shape index (κ1) is 20.4. The molecular weight excluding hydrogens is 366 g/mol. The number of rotatable bonds is 6. The largest absolute Gasteiger partial charge is 0.506 e. The number of phenols is 1. The molecule has 0 saturated carbocycles. The Hall–Kier alpha value is -3.34. The molecule has 2 atom stereocenters. The number of phenolic OH excluding ortho intramolecular Hbond substituents is 1. The fourth-order valence-corrected chi connectivity index (χ4v) is 3.19. The highest BCUT2D eigenvalue weighted by Gasteiger charge is 2.23. The number of esters is 1. The molecule has 3 aromatic carbocycles. The molecule has 2 N–H and O–H groups in total. The number of ether oxygens (including phenoxy) is 1. The van der Waals surface area contributed by atoms with Crippen LogP contribution in [0.4, 0.5) is 5.69 Å². The number of aromatic hydroxyl groups is 1. The number of carbonyl (C=O) groups is 2. The van der Waals surface area contributed by atoms with Crippen LogP contribution in [0.15, 0.2) is 60.7 Å². The van der Waals surface area contributed by atoms with Crippen molar-refractivity contribution in [2.75, 3.05) is 5.32 Å². The summed E-state index contributed by atoms with van der Waals surface area (Å²) in [5.74, 6) is -1.03. The zero-order chi connectivity index (χ0) is 21.0. The van der Waals surface area contributed by atoms with Crippen molar-refractivity contribution >= 4 is 28.3 Å². The van der Waals surface area contributed by atoms with Crippen LogP contribution in [0.1, 0.15) is 49.0 Å². The number of para-hydroxylation sites is 1. The predicted octanol–water partition coefficient (Wildman–Crippen LogP) is 5.24. The first-order valence-corrected chi connectivity index (χ1v) is 9.73. The van der Waals surface area contributed by atoms with Crippen LogP contribution in [-0.4, -0.2) is 23.1 Å². The van der Waals surface area contributed by atoms with E-state index in [2.05, 4.69) is 19.2 Å². The second-order valence-corrected chi connectivity index (χ2v) is 7.12. The number of fused-ring (bicyclic) bond motifs is 1. The summed E-state index contributed by atoms with van der Waals surface area (Å²) >= 11 is 0. The minimum absolute atomic E-state index is 0.0309. The van der Waals surface area contributed by atoms with Gasteiger partial charge in [-0.05, 0) is 42.3 Å². The van der Waals surface area contributed by atoms with Gasteiger partial charge in [-0.2, -0.15) is 0 Å². The van der Waals surface area contributed by atoms with Crippen molar-refractivity contribution < 1.29 is 19.4 Å². The van der Waals surface area contributed by atoms with E-state index in [1.807, 2.05) is 36.4 Å². The van der Waals surface area contributed by atoms with E-state index < -0.39 is 18.0 Å². The summed E-state index contributed by atoms with van der Waals surface area (Å²) in [5.41, 5.74) is 1.78. The Morgan fingerprint density at radius 2 is 1.69 bits per heavy atom. The van der Waals surface area contributed by atoms with Gasteiger partial charge in [0.15, 0.2) is 6.10 Å². The van der Waals surface area contributed by atoms with Crippen molar-refractivity contribution in [1.29, 1.82) is 0 Å². The Bertz CT molecular complexity index is 1040. The molecule has 0 unspecified atom stereocenters. The van der Waals surface area contributed by atoms with Gasteiger partial charge < -0.3 is 15.2 Å². The fraction of sp³-hybridized carbons (Fsp3) is 0.250. The van der Waals surface area contributed by atoms with Crippen molar-refractivity contribution in [3.8, 4) is 5.75 Å². The van der Waals surface area contributed by atoms with Gasteiger partial charge in [0.1, 0.15) is 11.3 Å². The summed E-state index contributed by atoms with van der Waals surface area (Å²) in [7, 11) is 0. The quantitative estimate of drug-likeness (QED) is 0.563. The number of benzene rings is 3. The lowest BCUT2D eigenvalue weighted by Crippen LogP contribution is -2.30. The average molecular weight is 391 g/mol. The molecule has 3 aromatic rings. The molecule has 5 nitrogen and oxygen atoms in total. The van der Waals surface area contributed by atoms with E-state index >= 15 is 0 Å². The molecule has 0 fully saturated rings. The van der Waals surface area contributed by atoms with Crippen molar-refractivity contribution in [1.82, 2.24) is 0 Å². The Morgan fingerprint density at radius 3 is 2.45 bits per heavy atom. The van der Waals surface area contributed by atoms with Crippen LogP contribution in [0, 0.1) is 0 Å². The van der Waals surface area contributed by atoms with E-state index in [-0.39, 0.29) is 11.3 Å². The first-order chi connectivity index (χ1) is 13.9.